The molecule has 1 atom stereocenters. The number of aromatic nitrogens is 2. The van der Waals surface area contributed by atoms with Crippen LogP contribution in [-0.4, -0.2) is 53.6 Å². The summed E-state index contributed by atoms with van der Waals surface area (Å²) in [5, 5.41) is 9.04. The Morgan fingerprint density at radius 1 is 1.20 bits per heavy atom. The van der Waals surface area contributed by atoms with Gasteiger partial charge in [0.1, 0.15) is 0 Å². The molecule has 0 amide bonds. The first kappa shape index (κ1) is 18.4. The van der Waals surface area contributed by atoms with Crippen molar-refractivity contribution >= 4 is 11.6 Å². The lowest BCUT2D eigenvalue weighted by Crippen LogP contribution is -2.46. The highest BCUT2D eigenvalue weighted by Crippen LogP contribution is 2.19. The number of hydrogen-bond acceptors (Lipinski definition) is 4. The largest absolute Gasteiger partial charge is 0.379 e. The Kier molecular flexibility index (Phi) is 6.12. The number of hydrogen-bond donors (Lipinski definition) is 1. The van der Waals surface area contributed by atoms with Crippen LogP contribution in [0.4, 0.5) is 0 Å². The van der Waals surface area contributed by atoms with E-state index < -0.39 is 0 Å². The molecule has 0 bridgehead atoms. The van der Waals surface area contributed by atoms with Crippen molar-refractivity contribution in [1.29, 1.82) is 0 Å². The standard InChI is InChI=1S/C19H27ClN4O/c1-14(23-8-10-25-11-9-23)12-21-13-19-15(2)22-24(16(19)3)18-6-4-17(20)5-7-18/h4-7,14,21H,8-13H2,1-3H3. The quantitative estimate of drug-likeness (QED) is 0.858. The predicted molar refractivity (Wildman–Crippen MR) is 102 cm³/mol. The summed E-state index contributed by atoms with van der Waals surface area (Å²) in [6.07, 6.45) is 0. The molecule has 0 aliphatic carbocycles. The first-order valence-corrected chi connectivity index (χ1v) is 9.27. The maximum Gasteiger partial charge on any atom is 0.0649 e. The Labute approximate surface area is 154 Å². The molecule has 1 aliphatic rings. The van der Waals surface area contributed by atoms with Crippen molar-refractivity contribution in [3.8, 4) is 5.69 Å². The van der Waals surface area contributed by atoms with E-state index in [1.807, 2.05) is 28.9 Å². The second-order valence-electron chi connectivity index (χ2n) is 6.67. The van der Waals surface area contributed by atoms with Gasteiger partial charge in [-0.1, -0.05) is 11.6 Å². The summed E-state index contributed by atoms with van der Waals surface area (Å²) < 4.78 is 7.42. The maximum absolute atomic E-state index is 5.99. The molecule has 0 spiro atoms. The van der Waals surface area contributed by atoms with Crippen molar-refractivity contribution in [2.24, 2.45) is 0 Å². The van der Waals surface area contributed by atoms with Crippen LogP contribution in [0.1, 0.15) is 23.9 Å². The van der Waals surface area contributed by atoms with Gasteiger partial charge < -0.3 is 10.1 Å². The number of aryl methyl sites for hydroxylation is 1. The van der Waals surface area contributed by atoms with Crippen molar-refractivity contribution in [3.63, 3.8) is 0 Å². The molecule has 1 aromatic heterocycles. The third-order valence-electron chi connectivity index (χ3n) is 4.92. The topological polar surface area (TPSA) is 42.3 Å². The third kappa shape index (κ3) is 4.42. The van der Waals surface area contributed by atoms with E-state index in [0.29, 0.717) is 6.04 Å². The lowest BCUT2D eigenvalue weighted by atomic mass is 10.2. The van der Waals surface area contributed by atoms with Gasteiger partial charge in [-0.2, -0.15) is 5.10 Å². The normalized spacial score (nSPS) is 17.0. The van der Waals surface area contributed by atoms with E-state index in [1.165, 1.54) is 11.3 Å². The molecule has 2 aromatic rings. The van der Waals surface area contributed by atoms with Crippen LogP contribution in [-0.2, 0) is 11.3 Å². The Morgan fingerprint density at radius 2 is 1.88 bits per heavy atom. The molecular formula is C19H27ClN4O. The van der Waals surface area contributed by atoms with E-state index >= 15 is 0 Å². The van der Waals surface area contributed by atoms with Crippen LogP contribution in [0.2, 0.25) is 5.02 Å². The lowest BCUT2D eigenvalue weighted by Gasteiger charge is -2.32. The predicted octanol–water partition coefficient (Wildman–Crippen LogP) is 2.95. The molecule has 6 heteroatoms. The monoisotopic (exact) mass is 362 g/mol. The van der Waals surface area contributed by atoms with E-state index in [0.717, 1.165) is 55.8 Å². The van der Waals surface area contributed by atoms with Crippen molar-refractivity contribution in [2.45, 2.75) is 33.4 Å². The van der Waals surface area contributed by atoms with Crippen LogP contribution in [0.15, 0.2) is 24.3 Å². The van der Waals surface area contributed by atoms with Crippen LogP contribution in [0.5, 0.6) is 0 Å². The Bertz CT molecular complexity index is 692. The van der Waals surface area contributed by atoms with Crippen LogP contribution in [0.25, 0.3) is 5.69 Å². The fourth-order valence-electron chi connectivity index (χ4n) is 3.32. The van der Waals surface area contributed by atoms with Gasteiger partial charge >= 0.3 is 0 Å². The van der Waals surface area contributed by atoms with Gasteiger partial charge in [0.25, 0.3) is 0 Å². The zero-order valence-corrected chi connectivity index (χ0v) is 16.0. The molecule has 5 nitrogen and oxygen atoms in total. The van der Waals surface area contributed by atoms with Gasteiger partial charge in [0.15, 0.2) is 0 Å². The summed E-state index contributed by atoms with van der Waals surface area (Å²) in [6.45, 7) is 12.0. The molecule has 1 fully saturated rings. The summed E-state index contributed by atoms with van der Waals surface area (Å²) in [4.78, 5) is 2.48. The smallest absolute Gasteiger partial charge is 0.0649 e. The van der Waals surface area contributed by atoms with E-state index in [9.17, 15) is 0 Å². The highest BCUT2D eigenvalue weighted by Gasteiger charge is 2.17. The fourth-order valence-corrected chi connectivity index (χ4v) is 3.44. The first-order valence-electron chi connectivity index (χ1n) is 8.90. The average molecular weight is 363 g/mol. The highest BCUT2D eigenvalue weighted by molar-refractivity contribution is 6.30. The molecule has 1 saturated heterocycles. The van der Waals surface area contributed by atoms with E-state index in [4.69, 9.17) is 21.4 Å². The van der Waals surface area contributed by atoms with E-state index in [2.05, 4.69) is 31.0 Å². The zero-order valence-electron chi connectivity index (χ0n) is 15.3. The fraction of sp³-hybridized carbons (Fsp3) is 0.526. The summed E-state index contributed by atoms with van der Waals surface area (Å²) in [5.74, 6) is 0. The van der Waals surface area contributed by atoms with E-state index in [-0.39, 0.29) is 0 Å². The minimum Gasteiger partial charge on any atom is -0.379 e. The molecule has 1 aromatic carbocycles. The Balaban J connectivity index is 1.62. The van der Waals surface area contributed by atoms with Crippen molar-refractivity contribution in [1.82, 2.24) is 20.0 Å². The van der Waals surface area contributed by atoms with Gasteiger partial charge in [0, 0.05) is 48.5 Å². The lowest BCUT2D eigenvalue weighted by molar-refractivity contribution is 0.0203. The number of nitrogens with zero attached hydrogens (tertiary/aromatic N) is 3. The van der Waals surface area contributed by atoms with Gasteiger partial charge in [-0.15, -0.1) is 0 Å². The van der Waals surface area contributed by atoms with Crippen LogP contribution in [0.3, 0.4) is 0 Å². The van der Waals surface area contributed by atoms with Gasteiger partial charge in [-0.25, -0.2) is 4.68 Å². The van der Waals surface area contributed by atoms with E-state index in [1.54, 1.807) is 0 Å². The molecule has 1 N–H and O–H groups in total. The molecular weight excluding hydrogens is 336 g/mol. The second kappa shape index (κ2) is 8.32. The molecule has 2 heterocycles. The molecule has 1 aliphatic heterocycles. The Morgan fingerprint density at radius 3 is 2.56 bits per heavy atom. The number of rotatable bonds is 6. The van der Waals surface area contributed by atoms with Gasteiger partial charge in [-0.3, -0.25) is 4.90 Å². The van der Waals surface area contributed by atoms with Crippen LogP contribution < -0.4 is 5.32 Å². The average Bonchev–Trinajstić information content (AvgIpc) is 2.91. The number of ether oxygens (including phenoxy) is 1. The summed E-state index contributed by atoms with van der Waals surface area (Å²) in [5.41, 5.74) is 4.55. The molecule has 0 radical (unpaired) electrons. The number of morpholine rings is 1. The highest BCUT2D eigenvalue weighted by atomic mass is 35.5. The number of nitrogens with one attached hydrogen (secondary N) is 1. The summed E-state index contributed by atoms with van der Waals surface area (Å²) in [7, 11) is 0. The second-order valence-corrected chi connectivity index (χ2v) is 7.10. The zero-order chi connectivity index (χ0) is 17.8. The van der Waals surface area contributed by atoms with Gasteiger partial charge in [0.05, 0.1) is 24.6 Å². The van der Waals surface area contributed by atoms with Crippen molar-refractivity contribution in [2.75, 3.05) is 32.8 Å². The SMILES string of the molecule is Cc1nn(-c2ccc(Cl)cc2)c(C)c1CNCC(C)N1CCOCC1. The van der Waals surface area contributed by atoms with Crippen molar-refractivity contribution in [3.05, 3.63) is 46.2 Å². The van der Waals surface area contributed by atoms with Crippen LogP contribution in [0, 0.1) is 13.8 Å². The maximum atomic E-state index is 5.99. The Hall–Kier alpha value is -1.40. The molecule has 3 rings (SSSR count). The molecule has 25 heavy (non-hydrogen) atoms. The van der Waals surface area contributed by atoms with Crippen molar-refractivity contribution < 1.29 is 4.74 Å². The van der Waals surface area contributed by atoms with Gasteiger partial charge in [0.2, 0.25) is 0 Å². The first-order chi connectivity index (χ1) is 12.1. The molecule has 136 valence electrons. The number of benzene rings is 1. The molecule has 0 saturated carbocycles. The van der Waals surface area contributed by atoms with Crippen LogP contribution >= 0.6 is 11.6 Å². The minimum absolute atomic E-state index is 0.510. The number of halogens is 1. The molecule has 1 unspecified atom stereocenters. The third-order valence-corrected chi connectivity index (χ3v) is 5.17. The summed E-state index contributed by atoms with van der Waals surface area (Å²) >= 11 is 5.99. The minimum atomic E-state index is 0.510. The summed E-state index contributed by atoms with van der Waals surface area (Å²) in [6, 6.07) is 8.31. The van der Waals surface area contributed by atoms with Gasteiger partial charge in [-0.05, 0) is 45.0 Å².